The van der Waals surface area contributed by atoms with Crippen LogP contribution in [0.1, 0.15) is 86.7 Å². The number of fused-ring (bicyclic) bond motifs is 1. The van der Waals surface area contributed by atoms with Gasteiger partial charge in [-0.15, -0.1) is 0 Å². The molecular formula is C24H30N2O5. The topological polar surface area (TPSA) is 92.8 Å². The molecule has 0 radical (unpaired) electrons. The van der Waals surface area contributed by atoms with Gasteiger partial charge in [-0.3, -0.25) is 24.5 Å². The minimum absolute atomic E-state index is 0.0752. The number of benzene rings is 1. The van der Waals surface area contributed by atoms with Crippen LogP contribution in [-0.2, 0) is 25.7 Å². The molecule has 1 saturated heterocycles. The normalized spacial score (nSPS) is 26.5. The number of piperidine rings is 1. The molecule has 0 spiro atoms. The molecule has 1 unspecified atom stereocenters. The van der Waals surface area contributed by atoms with Crippen LogP contribution in [0, 0.1) is 5.92 Å². The first kappa shape index (κ1) is 21.5. The van der Waals surface area contributed by atoms with Crippen LogP contribution in [0.5, 0.6) is 0 Å². The van der Waals surface area contributed by atoms with Gasteiger partial charge in [0.25, 0.3) is 5.91 Å². The number of nitrogens with zero attached hydrogens (tertiary/aromatic N) is 1. The Hall–Kier alpha value is -2.70. The molecular weight excluding hydrogens is 396 g/mol. The summed E-state index contributed by atoms with van der Waals surface area (Å²) in [5.41, 5.74) is 2.30. The maximum absolute atomic E-state index is 13.0. The molecule has 7 nitrogen and oxygen atoms in total. The van der Waals surface area contributed by atoms with Crippen molar-refractivity contribution in [2.24, 2.45) is 5.92 Å². The van der Waals surface area contributed by atoms with E-state index in [2.05, 4.69) is 11.4 Å². The summed E-state index contributed by atoms with van der Waals surface area (Å²) in [4.78, 5) is 50.8. The molecule has 31 heavy (non-hydrogen) atoms. The Labute approximate surface area is 182 Å². The fourth-order valence-corrected chi connectivity index (χ4v) is 5.02. The van der Waals surface area contributed by atoms with E-state index >= 15 is 0 Å². The van der Waals surface area contributed by atoms with E-state index in [1.54, 1.807) is 4.90 Å². The fraction of sp³-hybridized carbons (Fsp3) is 0.583. The minimum Gasteiger partial charge on any atom is -0.460 e. The summed E-state index contributed by atoms with van der Waals surface area (Å²) >= 11 is 0. The summed E-state index contributed by atoms with van der Waals surface area (Å²) in [5, 5.41) is 2.35. The van der Waals surface area contributed by atoms with E-state index in [-0.39, 0.29) is 36.0 Å². The molecule has 1 N–H and O–H groups in total. The molecule has 0 aromatic heterocycles. The summed E-state index contributed by atoms with van der Waals surface area (Å²) in [6.45, 7) is 6.04. The lowest BCUT2D eigenvalue weighted by Crippen LogP contribution is -2.52. The van der Waals surface area contributed by atoms with Gasteiger partial charge in [0, 0.05) is 18.5 Å². The molecule has 0 bridgehead atoms. The summed E-state index contributed by atoms with van der Waals surface area (Å²) in [5.74, 6) is -0.737. The quantitative estimate of drug-likeness (QED) is 0.592. The number of hydrogen-bond acceptors (Lipinski definition) is 5. The first-order chi connectivity index (χ1) is 14.6. The van der Waals surface area contributed by atoms with E-state index in [9.17, 15) is 19.2 Å². The van der Waals surface area contributed by atoms with Crippen molar-refractivity contribution in [2.45, 2.75) is 83.4 Å². The molecule has 1 saturated carbocycles. The monoisotopic (exact) mass is 426 g/mol. The van der Waals surface area contributed by atoms with E-state index in [1.807, 2.05) is 32.9 Å². The molecule has 1 aromatic carbocycles. The van der Waals surface area contributed by atoms with Crippen LogP contribution in [-0.4, -0.2) is 40.2 Å². The number of carbonyl (C=O) groups is 4. The van der Waals surface area contributed by atoms with Gasteiger partial charge in [0.2, 0.25) is 11.8 Å². The highest BCUT2D eigenvalue weighted by Gasteiger charge is 2.41. The predicted octanol–water partition coefficient (Wildman–Crippen LogP) is 3.06. The number of imide groups is 1. The standard InChI is InChI=1S/C24H30N2O5/c1-24(2,3)31-23(30)15-9-7-14(8-10-15)16-5-4-6-17-18(16)13-26(22(17)29)19-11-12-20(27)25-21(19)28/h4-6,14-15,19H,7-13H2,1-3H3,(H,25,27,28). The van der Waals surface area contributed by atoms with Gasteiger partial charge >= 0.3 is 5.97 Å². The van der Waals surface area contributed by atoms with Crippen LogP contribution in [0.3, 0.4) is 0 Å². The third kappa shape index (κ3) is 4.36. The van der Waals surface area contributed by atoms with E-state index in [0.717, 1.165) is 36.8 Å². The van der Waals surface area contributed by atoms with Crippen LogP contribution in [0.4, 0.5) is 0 Å². The Morgan fingerprint density at radius 2 is 1.77 bits per heavy atom. The number of carbonyl (C=O) groups excluding carboxylic acids is 4. The second kappa shape index (κ2) is 8.09. The number of hydrogen-bond donors (Lipinski definition) is 1. The highest BCUT2D eigenvalue weighted by Crippen LogP contribution is 2.41. The van der Waals surface area contributed by atoms with Crippen molar-refractivity contribution in [2.75, 3.05) is 0 Å². The zero-order valence-corrected chi connectivity index (χ0v) is 18.4. The van der Waals surface area contributed by atoms with E-state index < -0.39 is 17.6 Å². The third-order valence-corrected chi connectivity index (χ3v) is 6.53. The highest BCUT2D eigenvalue weighted by molar-refractivity contribution is 6.05. The number of rotatable bonds is 3. The van der Waals surface area contributed by atoms with Crippen LogP contribution in [0.15, 0.2) is 18.2 Å². The number of esters is 1. The Bertz CT molecular complexity index is 924. The van der Waals surface area contributed by atoms with Crippen molar-refractivity contribution in [1.29, 1.82) is 0 Å². The van der Waals surface area contributed by atoms with Crippen LogP contribution >= 0.6 is 0 Å². The molecule has 3 aliphatic rings. The molecule has 1 aromatic rings. The predicted molar refractivity (Wildman–Crippen MR) is 113 cm³/mol. The van der Waals surface area contributed by atoms with E-state index in [4.69, 9.17) is 4.74 Å². The third-order valence-electron chi connectivity index (χ3n) is 6.53. The minimum atomic E-state index is -0.603. The van der Waals surface area contributed by atoms with Crippen molar-refractivity contribution in [3.63, 3.8) is 0 Å². The maximum Gasteiger partial charge on any atom is 0.309 e. The van der Waals surface area contributed by atoms with Gasteiger partial charge in [0.1, 0.15) is 11.6 Å². The Kier molecular flexibility index (Phi) is 5.62. The second-order valence-corrected chi connectivity index (χ2v) is 9.86. The second-order valence-electron chi connectivity index (χ2n) is 9.86. The fourth-order valence-electron chi connectivity index (χ4n) is 5.02. The van der Waals surface area contributed by atoms with Gasteiger partial charge < -0.3 is 9.64 Å². The maximum atomic E-state index is 13.0. The first-order valence-electron chi connectivity index (χ1n) is 11.1. The Morgan fingerprint density at radius 3 is 2.42 bits per heavy atom. The van der Waals surface area contributed by atoms with Crippen LogP contribution in [0.25, 0.3) is 0 Å². The van der Waals surface area contributed by atoms with E-state index in [0.29, 0.717) is 18.5 Å². The molecule has 2 aliphatic heterocycles. The number of ether oxygens (including phenoxy) is 1. The van der Waals surface area contributed by atoms with Gasteiger partial charge in [0.05, 0.1) is 5.92 Å². The van der Waals surface area contributed by atoms with Gasteiger partial charge in [-0.2, -0.15) is 0 Å². The van der Waals surface area contributed by atoms with Crippen molar-refractivity contribution < 1.29 is 23.9 Å². The first-order valence-corrected chi connectivity index (χ1v) is 11.1. The van der Waals surface area contributed by atoms with Crippen molar-refractivity contribution in [3.05, 3.63) is 34.9 Å². The van der Waals surface area contributed by atoms with Crippen LogP contribution in [0.2, 0.25) is 0 Å². The van der Waals surface area contributed by atoms with Gasteiger partial charge in [0.15, 0.2) is 0 Å². The molecule has 166 valence electrons. The number of amides is 3. The average Bonchev–Trinajstić information content (AvgIpc) is 3.03. The zero-order valence-electron chi connectivity index (χ0n) is 18.4. The van der Waals surface area contributed by atoms with Crippen molar-refractivity contribution >= 4 is 23.7 Å². The summed E-state index contributed by atoms with van der Waals surface area (Å²) in [7, 11) is 0. The molecule has 7 heteroatoms. The van der Waals surface area contributed by atoms with E-state index in [1.165, 1.54) is 0 Å². The van der Waals surface area contributed by atoms with Crippen molar-refractivity contribution in [1.82, 2.24) is 10.2 Å². The molecule has 4 rings (SSSR count). The average molecular weight is 427 g/mol. The zero-order chi connectivity index (χ0) is 22.3. The molecule has 3 amide bonds. The van der Waals surface area contributed by atoms with Gasteiger partial charge in [-0.25, -0.2) is 0 Å². The smallest absolute Gasteiger partial charge is 0.309 e. The largest absolute Gasteiger partial charge is 0.460 e. The molecule has 1 aliphatic carbocycles. The molecule has 1 atom stereocenters. The molecule has 2 fully saturated rings. The van der Waals surface area contributed by atoms with Crippen molar-refractivity contribution in [3.8, 4) is 0 Å². The Balaban J connectivity index is 1.47. The lowest BCUT2D eigenvalue weighted by atomic mass is 9.77. The summed E-state index contributed by atoms with van der Waals surface area (Å²) in [6, 6.07) is 5.19. The number of nitrogens with one attached hydrogen (secondary N) is 1. The van der Waals surface area contributed by atoms with Gasteiger partial charge in [-0.05, 0) is 76.0 Å². The highest BCUT2D eigenvalue weighted by atomic mass is 16.6. The summed E-state index contributed by atoms with van der Waals surface area (Å²) < 4.78 is 5.55. The summed E-state index contributed by atoms with van der Waals surface area (Å²) in [6.07, 6.45) is 3.89. The van der Waals surface area contributed by atoms with Crippen LogP contribution < -0.4 is 5.32 Å². The lowest BCUT2D eigenvalue weighted by molar-refractivity contribution is -0.161. The SMILES string of the molecule is CC(C)(C)OC(=O)C1CCC(c2cccc3c2CN(C2CCC(=O)NC2=O)C3=O)CC1. The van der Waals surface area contributed by atoms with Gasteiger partial charge in [-0.1, -0.05) is 12.1 Å². The Morgan fingerprint density at radius 1 is 1.06 bits per heavy atom. The lowest BCUT2D eigenvalue weighted by Gasteiger charge is -2.31. The molecule has 2 heterocycles.